The Balaban J connectivity index is 1.95. The van der Waals surface area contributed by atoms with E-state index >= 15 is 0 Å². The molecular weight excluding hydrogens is 328 g/mol. The number of anilines is 1. The number of sulfonamides is 1. The predicted molar refractivity (Wildman–Crippen MR) is 82.2 cm³/mol. The van der Waals surface area contributed by atoms with E-state index in [9.17, 15) is 13.2 Å². The van der Waals surface area contributed by atoms with Gasteiger partial charge in [-0.05, 0) is 25.7 Å². The molecule has 1 fully saturated rings. The first-order valence-electron chi connectivity index (χ1n) is 7.08. The van der Waals surface area contributed by atoms with Crippen molar-refractivity contribution in [1.29, 1.82) is 0 Å². The van der Waals surface area contributed by atoms with Crippen molar-refractivity contribution in [3.05, 3.63) is 0 Å². The second-order valence-corrected chi connectivity index (χ2v) is 8.35. The van der Waals surface area contributed by atoms with Crippen LogP contribution in [0.15, 0.2) is 4.34 Å². The molecule has 0 spiro atoms. The third-order valence-electron chi connectivity index (χ3n) is 3.36. The molecule has 1 unspecified atom stereocenters. The highest BCUT2D eigenvalue weighted by molar-refractivity contribution is 7.91. The van der Waals surface area contributed by atoms with Gasteiger partial charge in [-0.1, -0.05) is 11.3 Å². The molecule has 124 valence electrons. The highest BCUT2D eigenvalue weighted by Gasteiger charge is 2.26. The zero-order valence-corrected chi connectivity index (χ0v) is 14.2. The molecule has 2 rings (SSSR count). The number of rotatable bonds is 6. The summed E-state index contributed by atoms with van der Waals surface area (Å²) in [5.74, 6) is -0.317. The van der Waals surface area contributed by atoms with Crippen LogP contribution in [0.25, 0.3) is 0 Å². The number of aromatic nitrogens is 2. The number of amides is 1. The van der Waals surface area contributed by atoms with Crippen LogP contribution in [0.2, 0.25) is 0 Å². The van der Waals surface area contributed by atoms with E-state index in [0.29, 0.717) is 13.0 Å². The Morgan fingerprint density at radius 1 is 1.45 bits per heavy atom. The summed E-state index contributed by atoms with van der Waals surface area (Å²) in [6.45, 7) is 2.44. The van der Waals surface area contributed by atoms with Gasteiger partial charge in [-0.25, -0.2) is 8.42 Å². The van der Waals surface area contributed by atoms with Crippen LogP contribution in [0.1, 0.15) is 32.6 Å². The summed E-state index contributed by atoms with van der Waals surface area (Å²) in [4.78, 5) is 10.9. The van der Waals surface area contributed by atoms with Gasteiger partial charge in [0.25, 0.3) is 10.0 Å². The van der Waals surface area contributed by atoms with Gasteiger partial charge in [-0.15, -0.1) is 10.2 Å². The van der Waals surface area contributed by atoms with Crippen molar-refractivity contribution in [1.82, 2.24) is 14.5 Å². The summed E-state index contributed by atoms with van der Waals surface area (Å²) in [5.41, 5.74) is 0. The Labute approximate surface area is 133 Å². The maximum Gasteiger partial charge on any atom is 0.272 e. The van der Waals surface area contributed by atoms with Crippen molar-refractivity contribution in [2.24, 2.45) is 0 Å². The van der Waals surface area contributed by atoms with Crippen molar-refractivity contribution in [3.63, 3.8) is 0 Å². The lowest BCUT2D eigenvalue weighted by atomic mass is 10.1. The molecule has 1 aromatic heterocycles. The van der Waals surface area contributed by atoms with Gasteiger partial charge < -0.3 is 10.1 Å². The van der Waals surface area contributed by atoms with Crippen LogP contribution in [0.3, 0.4) is 0 Å². The molecule has 1 aromatic rings. The van der Waals surface area contributed by atoms with E-state index in [1.807, 2.05) is 0 Å². The molecule has 10 heteroatoms. The van der Waals surface area contributed by atoms with Crippen molar-refractivity contribution in [2.75, 3.05) is 25.5 Å². The lowest BCUT2D eigenvalue weighted by molar-refractivity contribution is -0.114. The Hall–Kier alpha value is -1.10. The molecule has 1 amide bonds. The number of nitrogens with one attached hydrogen (secondary N) is 1. The van der Waals surface area contributed by atoms with Crippen molar-refractivity contribution < 1.29 is 17.9 Å². The normalized spacial score (nSPS) is 19.3. The van der Waals surface area contributed by atoms with Crippen LogP contribution in [-0.2, 0) is 19.6 Å². The fourth-order valence-corrected chi connectivity index (χ4v) is 4.45. The predicted octanol–water partition coefficient (Wildman–Crippen LogP) is 1.08. The largest absolute Gasteiger partial charge is 0.378 e. The number of nitrogens with zero attached hydrogens (tertiary/aromatic N) is 3. The van der Waals surface area contributed by atoms with Crippen LogP contribution in [0.4, 0.5) is 5.13 Å². The lowest BCUT2D eigenvalue weighted by Gasteiger charge is -2.24. The van der Waals surface area contributed by atoms with Gasteiger partial charge in [0.15, 0.2) is 0 Å². The smallest absolute Gasteiger partial charge is 0.272 e. The standard InChI is InChI=1S/C12H20N4O4S2/c1-9(17)13-11-14-15-12(21-11)22(18,19)16(2)7-6-10-5-3-4-8-20-10/h10H,3-8H2,1-2H3,(H,13,14,17). The van der Waals surface area contributed by atoms with Crippen LogP contribution < -0.4 is 5.32 Å². The van der Waals surface area contributed by atoms with Crippen molar-refractivity contribution >= 4 is 32.4 Å². The van der Waals surface area contributed by atoms with Gasteiger partial charge in [-0.3, -0.25) is 4.79 Å². The minimum Gasteiger partial charge on any atom is -0.378 e. The molecule has 0 bridgehead atoms. The highest BCUT2D eigenvalue weighted by atomic mass is 32.2. The van der Waals surface area contributed by atoms with Crippen LogP contribution >= 0.6 is 11.3 Å². The highest BCUT2D eigenvalue weighted by Crippen LogP contribution is 2.23. The van der Waals surface area contributed by atoms with Gasteiger partial charge in [0, 0.05) is 27.1 Å². The summed E-state index contributed by atoms with van der Waals surface area (Å²) >= 11 is 0.843. The molecule has 1 saturated heterocycles. The zero-order valence-electron chi connectivity index (χ0n) is 12.6. The van der Waals surface area contributed by atoms with Gasteiger partial charge in [0.05, 0.1) is 6.10 Å². The first kappa shape index (κ1) is 17.3. The van der Waals surface area contributed by atoms with Crippen LogP contribution in [0, 0.1) is 0 Å². The van der Waals surface area contributed by atoms with Crippen molar-refractivity contribution in [2.45, 2.75) is 43.1 Å². The van der Waals surface area contributed by atoms with Crippen LogP contribution in [0.5, 0.6) is 0 Å². The van der Waals surface area contributed by atoms with Crippen molar-refractivity contribution in [3.8, 4) is 0 Å². The Bertz CT molecular complexity index is 610. The van der Waals surface area contributed by atoms with E-state index < -0.39 is 10.0 Å². The minimum atomic E-state index is -3.68. The summed E-state index contributed by atoms with van der Waals surface area (Å²) in [6.07, 6.45) is 3.95. The number of ether oxygens (including phenoxy) is 1. The molecule has 22 heavy (non-hydrogen) atoms. The molecular formula is C12H20N4O4S2. The summed E-state index contributed by atoms with van der Waals surface area (Å²) in [6, 6.07) is 0. The van der Waals surface area contributed by atoms with E-state index in [1.54, 1.807) is 0 Å². The fourth-order valence-electron chi connectivity index (χ4n) is 2.13. The molecule has 0 aromatic carbocycles. The topological polar surface area (TPSA) is 101 Å². The first-order chi connectivity index (χ1) is 10.4. The minimum absolute atomic E-state index is 0.121. The van der Waals surface area contributed by atoms with Gasteiger partial charge in [0.2, 0.25) is 15.4 Å². The Morgan fingerprint density at radius 2 is 2.23 bits per heavy atom. The van der Waals surface area contributed by atoms with E-state index in [-0.39, 0.29) is 21.5 Å². The third kappa shape index (κ3) is 4.45. The fraction of sp³-hybridized carbons (Fsp3) is 0.750. The van der Waals surface area contributed by atoms with Gasteiger partial charge in [0.1, 0.15) is 0 Å². The maximum absolute atomic E-state index is 12.4. The monoisotopic (exact) mass is 348 g/mol. The Morgan fingerprint density at radius 3 is 2.86 bits per heavy atom. The molecule has 1 aliphatic heterocycles. The molecule has 0 saturated carbocycles. The number of carbonyl (C=O) groups is 1. The lowest BCUT2D eigenvalue weighted by Crippen LogP contribution is -2.31. The van der Waals surface area contributed by atoms with Crippen LogP contribution in [-0.4, -0.2) is 55.1 Å². The van der Waals surface area contributed by atoms with Gasteiger partial charge in [-0.2, -0.15) is 4.31 Å². The zero-order chi connectivity index (χ0) is 16.2. The third-order valence-corrected chi connectivity index (χ3v) is 6.40. The molecule has 0 aliphatic carbocycles. The first-order valence-corrected chi connectivity index (χ1v) is 9.34. The SMILES string of the molecule is CC(=O)Nc1nnc(S(=O)(=O)N(C)CCC2CCCCO2)s1. The second kappa shape index (κ2) is 7.44. The molecule has 1 N–H and O–H groups in total. The van der Waals surface area contributed by atoms with E-state index in [1.165, 1.54) is 18.3 Å². The average molecular weight is 348 g/mol. The number of hydrogen-bond donors (Lipinski definition) is 1. The summed E-state index contributed by atoms with van der Waals surface area (Å²) in [7, 11) is -2.17. The second-order valence-electron chi connectivity index (χ2n) is 5.16. The molecule has 8 nitrogen and oxygen atoms in total. The van der Waals surface area contributed by atoms with E-state index in [4.69, 9.17) is 4.74 Å². The van der Waals surface area contributed by atoms with Gasteiger partial charge >= 0.3 is 0 Å². The molecule has 2 heterocycles. The molecule has 1 atom stereocenters. The van der Waals surface area contributed by atoms with E-state index in [2.05, 4.69) is 15.5 Å². The average Bonchev–Trinajstić information content (AvgIpc) is 2.94. The number of carbonyl (C=O) groups excluding carboxylic acids is 1. The Kier molecular flexibility index (Phi) is 5.84. The molecule has 0 radical (unpaired) electrons. The quantitative estimate of drug-likeness (QED) is 0.772. The summed E-state index contributed by atoms with van der Waals surface area (Å²) < 4.78 is 31.5. The summed E-state index contributed by atoms with van der Waals surface area (Å²) in [5, 5.41) is 9.91. The van der Waals surface area contributed by atoms with E-state index in [0.717, 1.165) is 37.2 Å². The molecule has 1 aliphatic rings. The number of hydrogen-bond acceptors (Lipinski definition) is 7. The maximum atomic E-state index is 12.4.